The van der Waals surface area contributed by atoms with E-state index >= 15 is 0 Å². The minimum atomic E-state index is -0.116. The van der Waals surface area contributed by atoms with Gasteiger partial charge in [-0.05, 0) is 45.5 Å². The van der Waals surface area contributed by atoms with Gasteiger partial charge in [0.1, 0.15) is 5.82 Å². The lowest BCUT2D eigenvalue weighted by atomic mass is 9.95. The van der Waals surface area contributed by atoms with E-state index in [2.05, 4.69) is 41.5 Å². The summed E-state index contributed by atoms with van der Waals surface area (Å²) >= 11 is 0. The summed E-state index contributed by atoms with van der Waals surface area (Å²) in [7, 11) is 4.35. The molecule has 27 heavy (non-hydrogen) atoms. The molecule has 1 aliphatic heterocycles. The summed E-state index contributed by atoms with van der Waals surface area (Å²) in [6.45, 7) is 7.64. The summed E-state index contributed by atoms with van der Waals surface area (Å²) in [6, 6.07) is 7.60. The summed E-state index contributed by atoms with van der Waals surface area (Å²) in [5.74, 6) is 0.724. The van der Waals surface area contributed by atoms with Gasteiger partial charge in [-0.15, -0.1) is 24.0 Å². The number of likely N-dealkylation sites (N-methyl/N-ethyl adjacent to an activating group) is 2. The molecule has 1 unspecified atom stereocenters. The largest absolute Gasteiger partial charge is 0.357 e. The highest BCUT2D eigenvalue weighted by Gasteiger charge is 2.45. The molecule has 0 bridgehead atoms. The second-order valence-electron chi connectivity index (χ2n) is 7.73. The number of piperazine rings is 1. The molecule has 0 radical (unpaired) electrons. The molecule has 5 nitrogen and oxygen atoms in total. The molecule has 0 spiro atoms. The Kier molecular flexibility index (Phi) is 8.30. The smallest absolute Gasteiger partial charge is 0.191 e. The lowest BCUT2D eigenvalue weighted by molar-refractivity contribution is 0.116. The zero-order chi connectivity index (χ0) is 18.6. The van der Waals surface area contributed by atoms with Gasteiger partial charge in [0.25, 0.3) is 0 Å². The fourth-order valence-corrected chi connectivity index (χ4v) is 3.66. The Bertz CT molecular complexity index is 635. The lowest BCUT2D eigenvalue weighted by Gasteiger charge is -2.38. The molecule has 1 heterocycles. The van der Waals surface area contributed by atoms with Gasteiger partial charge in [-0.25, -0.2) is 4.39 Å². The number of nitrogens with zero attached hydrogens (tertiary/aromatic N) is 3. The number of guanidine groups is 1. The number of halogens is 2. The molecule has 152 valence electrons. The second-order valence-corrected chi connectivity index (χ2v) is 7.73. The molecule has 2 aliphatic rings. The summed E-state index contributed by atoms with van der Waals surface area (Å²) in [5.41, 5.74) is 0.698. The molecular weight excluding hydrogens is 456 g/mol. The molecule has 1 saturated carbocycles. The summed E-state index contributed by atoms with van der Waals surface area (Å²) in [4.78, 5) is 9.56. The molecule has 1 aliphatic carbocycles. The topological polar surface area (TPSA) is 42.9 Å². The van der Waals surface area contributed by atoms with Crippen molar-refractivity contribution in [2.75, 3.05) is 53.4 Å². The highest BCUT2D eigenvalue weighted by molar-refractivity contribution is 14.0. The molecule has 0 amide bonds. The molecule has 0 aromatic heterocycles. The van der Waals surface area contributed by atoms with Crippen molar-refractivity contribution in [1.29, 1.82) is 0 Å². The first-order valence-electron chi connectivity index (χ1n) is 9.70. The summed E-state index contributed by atoms with van der Waals surface area (Å²) < 4.78 is 14.2. The molecule has 2 fully saturated rings. The SMILES string of the molecule is CCNC(=NCC1(c2ccccc2F)CC1)NCC1CN(C)CCN1C.I. The molecule has 3 rings (SSSR count). The molecule has 1 aromatic carbocycles. The van der Waals surface area contributed by atoms with Crippen LogP contribution < -0.4 is 10.6 Å². The van der Waals surface area contributed by atoms with Gasteiger partial charge in [0, 0.05) is 44.2 Å². The van der Waals surface area contributed by atoms with Crippen LogP contribution in [0.5, 0.6) is 0 Å². The van der Waals surface area contributed by atoms with Gasteiger partial charge < -0.3 is 15.5 Å². The van der Waals surface area contributed by atoms with Crippen LogP contribution in [0.4, 0.5) is 4.39 Å². The van der Waals surface area contributed by atoms with Crippen LogP contribution in [0.2, 0.25) is 0 Å². The van der Waals surface area contributed by atoms with E-state index in [0.29, 0.717) is 12.6 Å². The fraction of sp³-hybridized carbons (Fsp3) is 0.650. The molecule has 1 atom stereocenters. The molecule has 1 saturated heterocycles. The minimum absolute atomic E-state index is 0. The van der Waals surface area contributed by atoms with Crippen molar-refractivity contribution in [3.63, 3.8) is 0 Å². The number of rotatable bonds is 6. The van der Waals surface area contributed by atoms with Gasteiger partial charge in [0.05, 0.1) is 6.54 Å². The van der Waals surface area contributed by atoms with E-state index in [1.807, 2.05) is 12.1 Å². The molecular formula is C20H33FIN5. The first-order chi connectivity index (χ1) is 12.5. The molecule has 1 aromatic rings. The van der Waals surface area contributed by atoms with E-state index in [1.54, 1.807) is 12.1 Å². The van der Waals surface area contributed by atoms with Crippen LogP contribution in [-0.4, -0.2) is 75.2 Å². The van der Waals surface area contributed by atoms with Crippen LogP contribution in [-0.2, 0) is 5.41 Å². The van der Waals surface area contributed by atoms with Crippen LogP contribution in [0.3, 0.4) is 0 Å². The average Bonchev–Trinajstić information content (AvgIpc) is 3.41. The number of benzene rings is 1. The van der Waals surface area contributed by atoms with Crippen molar-refractivity contribution in [3.8, 4) is 0 Å². The van der Waals surface area contributed by atoms with Gasteiger partial charge in [0.15, 0.2) is 5.96 Å². The maximum absolute atomic E-state index is 14.2. The van der Waals surface area contributed by atoms with E-state index < -0.39 is 0 Å². The quantitative estimate of drug-likeness (QED) is 0.366. The van der Waals surface area contributed by atoms with Crippen LogP contribution in [0.25, 0.3) is 0 Å². The summed E-state index contributed by atoms with van der Waals surface area (Å²) in [5, 5.41) is 6.81. The van der Waals surface area contributed by atoms with Gasteiger partial charge in [-0.3, -0.25) is 9.89 Å². The standard InChI is InChI=1S/C20H32FN5.HI/c1-4-22-19(23-13-16-14-25(2)11-12-26(16)3)24-15-20(9-10-20)17-7-5-6-8-18(17)21;/h5-8,16H,4,9-15H2,1-3H3,(H2,22,23,24);1H. The fourth-order valence-electron chi connectivity index (χ4n) is 3.66. The zero-order valence-corrected chi connectivity index (χ0v) is 19.0. The minimum Gasteiger partial charge on any atom is -0.357 e. The van der Waals surface area contributed by atoms with Gasteiger partial charge in [-0.1, -0.05) is 18.2 Å². The number of hydrogen-bond acceptors (Lipinski definition) is 3. The Labute approximate surface area is 179 Å². The van der Waals surface area contributed by atoms with Gasteiger partial charge >= 0.3 is 0 Å². The monoisotopic (exact) mass is 489 g/mol. The van der Waals surface area contributed by atoms with Crippen LogP contribution in [0.1, 0.15) is 25.3 Å². The number of nitrogens with one attached hydrogen (secondary N) is 2. The van der Waals surface area contributed by atoms with E-state index in [0.717, 1.165) is 57.1 Å². The van der Waals surface area contributed by atoms with Gasteiger partial charge in [-0.2, -0.15) is 0 Å². The van der Waals surface area contributed by atoms with E-state index in [1.165, 1.54) is 0 Å². The zero-order valence-electron chi connectivity index (χ0n) is 16.7. The Morgan fingerprint density at radius 3 is 2.63 bits per heavy atom. The van der Waals surface area contributed by atoms with Crippen molar-refractivity contribution in [1.82, 2.24) is 20.4 Å². The maximum Gasteiger partial charge on any atom is 0.191 e. The third-order valence-electron chi connectivity index (χ3n) is 5.67. The highest BCUT2D eigenvalue weighted by atomic mass is 127. The first-order valence-corrected chi connectivity index (χ1v) is 9.70. The second kappa shape index (κ2) is 10.0. The van der Waals surface area contributed by atoms with Crippen molar-refractivity contribution in [2.45, 2.75) is 31.2 Å². The molecule has 2 N–H and O–H groups in total. The third kappa shape index (κ3) is 5.77. The van der Waals surface area contributed by atoms with Crippen molar-refractivity contribution in [3.05, 3.63) is 35.6 Å². The highest BCUT2D eigenvalue weighted by Crippen LogP contribution is 2.49. The van der Waals surface area contributed by atoms with Crippen LogP contribution >= 0.6 is 24.0 Å². The lowest BCUT2D eigenvalue weighted by Crippen LogP contribution is -2.55. The Morgan fingerprint density at radius 1 is 1.22 bits per heavy atom. The van der Waals surface area contributed by atoms with Gasteiger partial charge in [0.2, 0.25) is 0 Å². The Balaban J connectivity index is 0.00000261. The predicted octanol–water partition coefficient (Wildman–Crippen LogP) is 2.28. The Morgan fingerprint density at radius 2 is 1.96 bits per heavy atom. The van der Waals surface area contributed by atoms with E-state index in [9.17, 15) is 4.39 Å². The van der Waals surface area contributed by atoms with E-state index in [-0.39, 0.29) is 35.2 Å². The Hall–Kier alpha value is -0.930. The summed E-state index contributed by atoms with van der Waals surface area (Å²) in [6.07, 6.45) is 2.01. The predicted molar refractivity (Wildman–Crippen MR) is 121 cm³/mol. The maximum atomic E-state index is 14.2. The average molecular weight is 489 g/mol. The van der Waals surface area contributed by atoms with Crippen molar-refractivity contribution in [2.24, 2.45) is 4.99 Å². The van der Waals surface area contributed by atoms with Crippen LogP contribution in [0, 0.1) is 5.82 Å². The van der Waals surface area contributed by atoms with Crippen LogP contribution in [0.15, 0.2) is 29.3 Å². The third-order valence-corrected chi connectivity index (χ3v) is 5.67. The molecule has 7 heteroatoms. The van der Waals surface area contributed by atoms with Crippen molar-refractivity contribution >= 4 is 29.9 Å². The number of aliphatic imine (C=N–C) groups is 1. The first kappa shape index (κ1) is 22.4. The van der Waals surface area contributed by atoms with E-state index in [4.69, 9.17) is 4.99 Å². The van der Waals surface area contributed by atoms with Crippen molar-refractivity contribution < 1.29 is 4.39 Å². The normalized spacial score (nSPS) is 22.8. The number of hydrogen-bond donors (Lipinski definition) is 2.